The van der Waals surface area contributed by atoms with Gasteiger partial charge in [0.25, 0.3) is 5.91 Å². The lowest BCUT2D eigenvalue weighted by Crippen LogP contribution is -2.44. The average molecular weight is 285 g/mol. The first-order valence-corrected chi connectivity index (χ1v) is 7.01. The highest BCUT2D eigenvalue weighted by Gasteiger charge is 2.19. The minimum Gasteiger partial charge on any atom is -0.384 e. The maximum Gasteiger partial charge on any atom is 0.271 e. The number of aryl methyl sites for hydroxylation is 1. The molecule has 0 fully saturated rings. The molecular formula is C15H19N5O. The zero-order chi connectivity index (χ0) is 14.8. The normalized spacial score (nSPS) is 17.3. The van der Waals surface area contributed by atoms with E-state index in [9.17, 15) is 4.79 Å². The number of carbonyl (C=O) groups excluding carboxylic acids is 1. The van der Waals surface area contributed by atoms with Gasteiger partial charge in [-0.05, 0) is 17.5 Å². The molecule has 1 atom stereocenters. The Kier molecular flexibility index (Phi) is 3.62. The number of hydrogen-bond donors (Lipinski definition) is 3. The molecule has 2 heterocycles. The maximum atomic E-state index is 12.0. The van der Waals surface area contributed by atoms with Crippen LogP contribution in [0.4, 0.5) is 5.82 Å². The molecule has 1 aliphatic heterocycles. The van der Waals surface area contributed by atoms with Crippen LogP contribution >= 0.6 is 0 Å². The number of rotatable bonds is 3. The Morgan fingerprint density at radius 1 is 1.48 bits per heavy atom. The van der Waals surface area contributed by atoms with Crippen LogP contribution in [0, 0.1) is 0 Å². The monoisotopic (exact) mass is 285 g/mol. The van der Waals surface area contributed by atoms with Crippen molar-refractivity contribution in [2.45, 2.75) is 19.0 Å². The molecule has 3 rings (SSSR count). The number of anilines is 1. The van der Waals surface area contributed by atoms with E-state index in [1.54, 1.807) is 13.1 Å². The van der Waals surface area contributed by atoms with Crippen molar-refractivity contribution in [3.8, 4) is 0 Å². The second-order valence-corrected chi connectivity index (χ2v) is 5.34. The molecule has 0 unspecified atom stereocenters. The smallest absolute Gasteiger partial charge is 0.271 e. The van der Waals surface area contributed by atoms with Crippen LogP contribution in [-0.4, -0.2) is 28.3 Å². The van der Waals surface area contributed by atoms with Gasteiger partial charge in [-0.3, -0.25) is 9.48 Å². The van der Waals surface area contributed by atoms with Crippen molar-refractivity contribution in [1.29, 1.82) is 0 Å². The van der Waals surface area contributed by atoms with Crippen LogP contribution in [0.25, 0.3) is 0 Å². The summed E-state index contributed by atoms with van der Waals surface area (Å²) in [6.45, 7) is 1.41. The molecule has 1 aromatic carbocycles. The van der Waals surface area contributed by atoms with Gasteiger partial charge in [-0.25, -0.2) is 0 Å². The van der Waals surface area contributed by atoms with Crippen molar-refractivity contribution in [1.82, 2.24) is 20.4 Å². The topological polar surface area (TPSA) is 85.0 Å². The molecule has 0 spiro atoms. The number of amides is 1. The van der Waals surface area contributed by atoms with Crippen LogP contribution in [0.5, 0.6) is 0 Å². The van der Waals surface area contributed by atoms with Crippen molar-refractivity contribution in [3.63, 3.8) is 0 Å². The summed E-state index contributed by atoms with van der Waals surface area (Å²) in [6, 6.07) is 10.2. The van der Waals surface area contributed by atoms with Crippen LogP contribution < -0.4 is 16.4 Å². The van der Waals surface area contributed by atoms with Gasteiger partial charge in [0, 0.05) is 32.2 Å². The molecule has 1 aliphatic rings. The lowest BCUT2D eigenvalue weighted by Gasteiger charge is -2.26. The molecule has 110 valence electrons. The zero-order valence-corrected chi connectivity index (χ0v) is 12.0. The number of nitrogens with two attached hydrogens (primary N) is 1. The van der Waals surface area contributed by atoms with Crippen LogP contribution in [0.1, 0.15) is 21.6 Å². The van der Waals surface area contributed by atoms with E-state index in [4.69, 9.17) is 5.73 Å². The Balaban J connectivity index is 1.58. The molecule has 1 amide bonds. The molecule has 4 N–H and O–H groups in total. The van der Waals surface area contributed by atoms with Crippen LogP contribution in [0.3, 0.4) is 0 Å². The van der Waals surface area contributed by atoms with Crippen molar-refractivity contribution in [2.75, 3.05) is 12.3 Å². The standard InChI is InChI=1S/C15H19N5O/c1-20-14(16)7-13(19-20)15(21)18-9-12-6-10-4-2-3-5-11(10)8-17-12/h2-5,7,12,17H,6,8-9,16H2,1H3,(H,18,21)/t12-/m1/s1. The predicted molar refractivity (Wildman–Crippen MR) is 80.7 cm³/mol. The van der Waals surface area contributed by atoms with Gasteiger partial charge in [-0.2, -0.15) is 5.10 Å². The number of carbonyl (C=O) groups is 1. The Bertz CT molecular complexity index is 644. The van der Waals surface area contributed by atoms with Gasteiger partial charge in [0.2, 0.25) is 0 Å². The second kappa shape index (κ2) is 5.57. The van der Waals surface area contributed by atoms with Gasteiger partial charge in [-0.1, -0.05) is 24.3 Å². The molecule has 0 saturated carbocycles. The largest absolute Gasteiger partial charge is 0.384 e. The highest BCUT2D eigenvalue weighted by Crippen LogP contribution is 2.15. The van der Waals surface area contributed by atoms with Crippen LogP contribution in [-0.2, 0) is 20.0 Å². The van der Waals surface area contributed by atoms with Crippen LogP contribution in [0.15, 0.2) is 30.3 Å². The molecule has 2 aromatic rings. The second-order valence-electron chi connectivity index (χ2n) is 5.34. The van der Waals surface area contributed by atoms with Crippen molar-refractivity contribution >= 4 is 11.7 Å². The first-order chi connectivity index (χ1) is 10.1. The number of nitrogens with one attached hydrogen (secondary N) is 2. The number of aromatic nitrogens is 2. The van der Waals surface area contributed by atoms with E-state index in [0.717, 1.165) is 13.0 Å². The lowest BCUT2D eigenvalue weighted by atomic mass is 9.96. The molecule has 0 bridgehead atoms. The van der Waals surface area contributed by atoms with E-state index in [1.807, 2.05) is 6.07 Å². The van der Waals surface area contributed by atoms with E-state index in [2.05, 4.69) is 33.9 Å². The van der Waals surface area contributed by atoms with Crippen molar-refractivity contribution in [2.24, 2.45) is 7.05 Å². The Labute approximate surface area is 123 Å². The van der Waals surface area contributed by atoms with Crippen LogP contribution in [0.2, 0.25) is 0 Å². The summed E-state index contributed by atoms with van der Waals surface area (Å²) in [5.41, 5.74) is 8.71. The summed E-state index contributed by atoms with van der Waals surface area (Å²) in [5, 5.41) is 10.4. The van der Waals surface area contributed by atoms with E-state index < -0.39 is 0 Å². The first-order valence-electron chi connectivity index (χ1n) is 7.01. The molecule has 1 aromatic heterocycles. The Hall–Kier alpha value is -2.34. The van der Waals surface area contributed by atoms with E-state index in [0.29, 0.717) is 18.1 Å². The summed E-state index contributed by atoms with van der Waals surface area (Å²) in [7, 11) is 1.71. The SMILES string of the molecule is Cn1nc(C(=O)NC[C@H]2Cc3ccccc3CN2)cc1N. The molecule has 21 heavy (non-hydrogen) atoms. The third-order valence-corrected chi connectivity index (χ3v) is 3.82. The average Bonchev–Trinajstić information content (AvgIpc) is 2.84. The fourth-order valence-electron chi connectivity index (χ4n) is 2.56. The van der Waals surface area contributed by atoms with E-state index in [1.165, 1.54) is 15.8 Å². The zero-order valence-electron chi connectivity index (χ0n) is 12.0. The first kappa shape index (κ1) is 13.6. The van der Waals surface area contributed by atoms with Gasteiger partial charge >= 0.3 is 0 Å². The molecule has 6 nitrogen and oxygen atoms in total. The summed E-state index contributed by atoms with van der Waals surface area (Å²) in [4.78, 5) is 12.0. The fourth-order valence-corrected chi connectivity index (χ4v) is 2.56. The molecular weight excluding hydrogens is 266 g/mol. The van der Waals surface area contributed by atoms with E-state index >= 15 is 0 Å². The van der Waals surface area contributed by atoms with Gasteiger partial charge in [0.15, 0.2) is 5.69 Å². The minimum absolute atomic E-state index is 0.192. The molecule has 0 aliphatic carbocycles. The summed E-state index contributed by atoms with van der Waals surface area (Å²) in [5.74, 6) is 0.285. The van der Waals surface area contributed by atoms with Gasteiger partial charge in [0.1, 0.15) is 5.82 Å². The number of benzene rings is 1. The number of nitrogen functional groups attached to an aromatic ring is 1. The van der Waals surface area contributed by atoms with Gasteiger partial charge < -0.3 is 16.4 Å². The number of nitrogens with zero attached hydrogens (tertiary/aromatic N) is 2. The number of hydrogen-bond acceptors (Lipinski definition) is 4. The lowest BCUT2D eigenvalue weighted by molar-refractivity contribution is 0.0943. The minimum atomic E-state index is -0.192. The highest BCUT2D eigenvalue weighted by molar-refractivity contribution is 5.92. The predicted octanol–water partition coefficient (Wildman–Crippen LogP) is 0.447. The quantitative estimate of drug-likeness (QED) is 0.764. The summed E-state index contributed by atoms with van der Waals surface area (Å²) in [6.07, 6.45) is 0.917. The Morgan fingerprint density at radius 2 is 2.24 bits per heavy atom. The number of fused-ring (bicyclic) bond motifs is 1. The van der Waals surface area contributed by atoms with Gasteiger partial charge in [0.05, 0.1) is 0 Å². The highest BCUT2D eigenvalue weighted by atomic mass is 16.1. The molecule has 6 heteroatoms. The third-order valence-electron chi connectivity index (χ3n) is 3.82. The van der Waals surface area contributed by atoms with Crippen molar-refractivity contribution < 1.29 is 4.79 Å². The van der Waals surface area contributed by atoms with E-state index in [-0.39, 0.29) is 11.9 Å². The third kappa shape index (κ3) is 2.90. The summed E-state index contributed by atoms with van der Waals surface area (Å²) >= 11 is 0. The summed E-state index contributed by atoms with van der Waals surface area (Å²) < 4.78 is 1.49. The fraction of sp³-hybridized carbons (Fsp3) is 0.333. The Morgan fingerprint density at radius 3 is 2.95 bits per heavy atom. The molecule has 0 radical (unpaired) electrons. The van der Waals surface area contributed by atoms with Crippen molar-refractivity contribution in [3.05, 3.63) is 47.2 Å². The maximum absolute atomic E-state index is 12.0. The van der Waals surface area contributed by atoms with Gasteiger partial charge in [-0.15, -0.1) is 0 Å². The molecule has 0 saturated heterocycles.